The van der Waals surface area contributed by atoms with Crippen LogP contribution in [-0.2, 0) is 0 Å². The fourth-order valence-corrected chi connectivity index (χ4v) is 2.82. The van der Waals surface area contributed by atoms with Gasteiger partial charge in [0.2, 0.25) is 5.78 Å². The summed E-state index contributed by atoms with van der Waals surface area (Å²) < 4.78 is 10.9. The minimum Gasteiger partial charge on any atom is -0.485 e. The zero-order valence-electron chi connectivity index (χ0n) is 13.8. The van der Waals surface area contributed by atoms with E-state index in [0.717, 1.165) is 16.5 Å². The molecule has 5 nitrogen and oxygen atoms in total. The number of carbonyl (C=O) groups is 1. The molecule has 128 valence electrons. The number of aromatic nitrogens is 1. The molecule has 0 aliphatic carbocycles. The zero-order chi connectivity index (χ0) is 17.9. The Morgan fingerprint density at radius 3 is 2.62 bits per heavy atom. The van der Waals surface area contributed by atoms with E-state index in [1.165, 1.54) is 6.07 Å². The van der Waals surface area contributed by atoms with Crippen LogP contribution in [-0.4, -0.2) is 17.4 Å². The summed E-state index contributed by atoms with van der Waals surface area (Å²) in [5, 5.41) is 0.804. The van der Waals surface area contributed by atoms with Crippen molar-refractivity contribution in [3.8, 4) is 16.9 Å². The van der Waals surface area contributed by atoms with Gasteiger partial charge in [0.1, 0.15) is 11.3 Å². The number of fused-ring (bicyclic) bond motifs is 1. The lowest BCUT2D eigenvalue weighted by Gasteiger charge is -2.08. The third-order valence-electron chi connectivity index (χ3n) is 4.07. The lowest BCUT2D eigenvalue weighted by Crippen LogP contribution is -2.11. The van der Waals surface area contributed by atoms with E-state index >= 15 is 0 Å². The van der Waals surface area contributed by atoms with E-state index in [2.05, 4.69) is 4.98 Å². The van der Waals surface area contributed by atoms with Gasteiger partial charge < -0.3 is 14.1 Å². The van der Waals surface area contributed by atoms with Crippen molar-refractivity contribution in [1.82, 2.24) is 4.98 Å². The molecule has 5 heteroatoms. The molecule has 1 N–H and O–H groups in total. The average molecular weight is 345 g/mol. The van der Waals surface area contributed by atoms with Crippen molar-refractivity contribution in [2.45, 2.75) is 0 Å². The smallest absolute Gasteiger partial charge is 0.336 e. The maximum absolute atomic E-state index is 12.0. The highest BCUT2D eigenvalue weighted by Crippen LogP contribution is 2.29. The third-order valence-corrected chi connectivity index (χ3v) is 4.07. The molecule has 0 amide bonds. The first kappa shape index (κ1) is 15.9. The normalized spacial score (nSPS) is 10.8. The number of nitrogens with one attached hydrogen (secondary N) is 1. The number of Topliss-reactive ketones (excluding diaryl/α,β-unsaturated/α-hetero) is 1. The van der Waals surface area contributed by atoms with Crippen molar-refractivity contribution < 1.29 is 13.9 Å². The molecular formula is C21H15NO4. The fraction of sp³-hybridized carbons (Fsp3) is 0.0476. The Kier molecular flexibility index (Phi) is 4.11. The Bertz CT molecular complexity index is 1110. The van der Waals surface area contributed by atoms with Crippen LogP contribution in [0, 0.1) is 0 Å². The lowest BCUT2D eigenvalue weighted by molar-refractivity contribution is 0.0917. The van der Waals surface area contributed by atoms with Crippen LogP contribution < -0.4 is 10.4 Å². The van der Waals surface area contributed by atoms with Gasteiger partial charge in [-0.2, -0.15) is 0 Å². The quantitative estimate of drug-likeness (QED) is 0.437. The van der Waals surface area contributed by atoms with Gasteiger partial charge in [0.05, 0.1) is 5.69 Å². The van der Waals surface area contributed by atoms with Crippen molar-refractivity contribution >= 4 is 16.8 Å². The Morgan fingerprint density at radius 1 is 1.00 bits per heavy atom. The number of carbonyl (C=O) groups excluding carboxylic acids is 1. The van der Waals surface area contributed by atoms with E-state index < -0.39 is 5.63 Å². The maximum atomic E-state index is 12.0. The largest absolute Gasteiger partial charge is 0.485 e. The molecule has 0 aliphatic heterocycles. The van der Waals surface area contributed by atoms with Crippen LogP contribution in [0.5, 0.6) is 5.75 Å². The molecule has 26 heavy (non-hydrogen) atoms. The van der Waals surface area contributed by atoms with Crippen LogP contribution in [0.2, 0.25) is 0 Å². The van der Waals surface area contributed by atoms with Gasteiger partial charge in [0, 0.05) is 23.7 Å². The average Bonchev–Trinajstić information content (AvgIpc) is 3.20. The molecule has 0 aliphatic rings. The number of ether oxygens (including phenoxy) is 1. The number of H-pyrrole nitrogens is 1. The molecule has 2 aromatic heterocycles. The van der Waals surface area contributed by atoms with Crippen molar-refractivity contribution in [2.75, 3.05) is 6.61 Å². The van der Waals surface area contributed by atoms with E-state index in [4.69, 9.17) is 9.15 Å². The predicted molar refractivity (Wildman–Crippen MR) is 98.5 cm³/mol. The van der Waals surface area contributed by atoms with Crippen LogP contribution in [0.15, 0.2) is 82.1 Å². The molecule has 0 saturated carbocycles. The molecule has 2 heterocycles. The van der Waals surface area contributed by atoms with Crippen molar-refractivity contribution in [1.29, 1.82) is 0 Å². The summed E-state index contributed by atoms with van der Waals surface area (Å²) >= 11 is 0. The summed E-state index contributed by atoms with van der Waals surface area (Å²) in [5.41, 5.74) is 2.20. The van der Waals surface area contributed by atoms with Crippen LogP contribution in [0.1, 0.15) is 10.5 Å². The first-order valence-electron chi connectivity index (χ1n) is 8.13. The summed E-state index contributed by atoms with van der Waals surface area (Å²) in [6.45, 7) is -0.103. The van der Waals surface area contributed by atoms with Crippen LogP contribution in [0.3, 0.4) is 0 Å². The van der Waals surface area contributed by atoms with Gasteiger partial charge in [-0.25, -0.2) is 4.79 Å². The predicted octanol–water partition coefficient (Wildman–Crippen LogP) is 4.05. The number of rotatable bonds is 5. The van der Waals surface area contributed by atoms with E-state index in [9.17, 15) is 9.59 Å². The Balaban J connectivity index is 1.65. The summed E-state index contributed by atoms with van der Waals surface area (Å²) in [7, 11) is 0. The molecule has 0 spiro atoms. The summed E-state index contributed by atoms with van der Waals surface area (Å²) in [4.78, 5) is 26.8. The number of aromatic amines is 1. The van der Waals surface area contributed by atoms with Gasteiger partial charge in [0.25, 0.3) is 0 Å². The molecule has 0 saturated heterocycles. The minimum atomic E-state index is -0.434. The Hall–Kier alpha value is -3.60. The zero-order valence-corrected chi connectivity index (χ0v) is 13.8. The molecule has 4 rings (SSSR count). The highest BCUT2D eigenvalue weighted by atomic mass is 16.5. The Labute approximate surface area is 148 Å². The molecular weight excluding hydrogens is 330 g/mol. The van der Waals surface area contributed by atoms with Crippen LogP contribution in [0.25, 0.3) is 22.1 Å². The van der Waals surface area contributed by atoms with Gasteiger partial charge in [-0.05, 0) is 35.4 Å². The molecule has 0 fully saturated rings. The topological polar surface area (TPSA) is 72.3 Å². The highest BCUT2D eigenvalue weighted by molar-refractivity contribution is 5.96. The lowest BCUT2D eigenvalue weighted by atomic mass is 10.0. The number of hydrogen-bond donors (Lipinski definition) is 1. The van der Waals surface area contributed by atoms with E-state index in [0.29, 0.717) is 17.0 Å². The van der Waals surface area contributed by atoms with Gasteiger partial charge in [-0.15, -0.1) is 0 Å². The number of benzene rings is 2. The van der Waals surface area contributed by atoms with Crippen molar-refractivity contribution in [3.05, 3.63) is 89.0 Å². The molecule has 0 unspecified atom stereocenters. The van der Waals surface area contributed by atoms with Gasteiger partial charge >= 0.3 is 5.63 Å². The Morgan fingerprint density at radius 2 is 1.85 bits per heavy atom. The second-order valence-corrected chi connectivity index (χ2v) is 5.80. The standard InChI is InChI=1S/C21H15NO4/c23-19(18-7-4-10-22-18)13-25-15-8-9-16-17(14-5-2-1-3-6-14)12-21(24)26-20(16)11-15/h1-12,22H,13H2. The highest BCUT2D eigenvalue weighted by Gasteiger charge is 2.11. The van der Waals surface area contributed by atoms with Gasteiger partial charge in [-0.3, -0.25) is 4.79 Å². The van der Waals surface area contributed by atoms with Gasteiger partial charge in [0.15, 0.2) is 6.61 Å². The second kappa shape index (κ2) is 6.72. The molecule has 0 atom stereocenters. The van der Waals surface area contributed by atoms with Crippen LogP contribution >= 0.6 is 0 Å². The molecule has 2 aromatic carbocycles. The van der Waals surface area contributed by atoms with E-state index in [1.807, 2.05) is 36.4 Å². The van der Waals surface area contributed by atoms with E-state index in [-0.39, 0.29) is 12.4 Å². The number of hydrogen-bond acceptors (Lipinski definition) is 4. The third kappa shape index (κ3) is 3.15. The van der Waals surface area contributed by atoms with Gasteiger partial charge in [-0.1, -0.05) is 30.3 Å². The summed E-state index contributed by atoms with van der Waals surface area (Å²) in [5.74, 6) is 0.306. The van der Waals surface area contributed by atoms with Crippen molar-refractivity contribution in [3.63, 3.8) is 0 Å². The van der Waals surface area contributed by atoms with Crippen LogP contribution in [0.4, 0.5) is 0 Å². The minimum absolute atomic E-state index is 0.103. The first-order chi connectivity index (χ1) is 12.7. The molecule has 0 bridgehead atoms. The summed E-state index contributed by atoms with van der Waals surface area (Å²) in [6.07, 6.45) is 1.68. The molecule has 0 radical (unpaired) electrons. The number of ketones is 1. The maximum Gasteiger partial charge on any atom is 0.336 e. The molecule has 4 aromatic rings. The van der Waals surface area contributed by atoms with Crippen molar-refractivity contribution in [2.24, 2.45) is 0 Å². The van der Waals surface area contributed by atoms with E-state index in [1.54, 1.807) is 30.5 Å². The first-order valence-corrected chi connectivity index (χ1v) is 8.13. The SMILES string of the molecule is O=C(COc1ccc2c(-c3ccccc3)cc(=O)oc2c1)c1ccc[nH]1. The fourth-order valence-electron chi connectivity index (χ4n) is 2.82. The summed E-state index contributed by atoms with van der Waals surface area (Å²) in [6, 6.07) is 19.8. The monoisotopic (exact) mass is 345 g/mol. The second-order valence-electron chi connectivity index (χ2n) is 5.80.